The summed E-state index contributed by atoms with van der Waals surface area (Å²) in [6.45, 7) is 2.01. The van der Waals surface area contributed by atoms with E-state index in [0.717, 1.165) is 11.3 Å². The van der Waals surface area contributed by atoms with E-state index in [1.165, 1.54) is 18.9 Å². The predicted octanol–water partition coefficient (Wildman–Crippen LogP) is 3.36. The quantitative estimate of drug-likeness (QED) is 0.651. The molecule has 9 heteroatoms. The van der Waals surface area contributed by atoms with Crippen molar-refractivity contribution >= 4 is 35.0 Å². The average Bonchev–Trinajstić information content (AvgIpc) is 3.09. The molecule has 0 aliphatic carbocycles. The lowest BCUT2D eigenvalue weighted by Crippen LogP contribution is -2.14. The summed E-state index contributed by atoms with van der Waals surface area (Å²) in [4.78, 5) is 12.2. The summed E-state index contributed by atoms with van der Waals surface area (Å²) in [7, 11) is 1.54. The number of amides is 1. The zero-order valence-electron chi connectivity index (χ0n) is 14.1. The van der Waals surface area contributed by atoms with E-state index in [0.29, 0.717) is 21.6 Å². The van der Waals surface area contributed by atoms with E-state index >= 15 is 0 Å². The lowest BCUT2D eigenvalue weighted by Gasteiger charge is -2.08. The summed E-state index contributed by atoms with van der Waals surface area (Å²) in [6, 6.07) is 12.9. The molecule has 0 bridgehead atoms. The lowest BCUT2D eigenvalue weighted by atomic mass is 10.2. The number of carbonyl (C=O) groups excluding carboxylic acids is 1. The first-order valence-electron chi connectivity index (χ1n) is 7.68. The zero-order chi connectivity index (χ0) is 18.5. The van der Waals surface area contributed by atoms with Gasteiger partial charge < -0.3 is 10.1 Å². The molecule has 0 aliphatic rings. The van der Waals surface area contributed by atoms with Crippen LogP contribution in [0.1, 0.15) is 5.56 Å². The molecule has 0 radical (unpaired) electrons. The minimum absolute atomic E-state index is 0.163. The number of ether oxygens (including phenoxy) is 1. The van der Waals surface area contributed by atoms with Crippen LogP contribution in [-0.4, -0.2) is 39.0 Å². The molecule has 1 amide bonds. The number of benzene rings is 2. The Morgan fingerprint density at radius 3 is 2.73 bits per heavy atom. The molecule has 0 saturated heterocycles. The van der Waals surface area contributed by atoms with Crippen molar-refractivity contribution in [3.63, 3.8) is 0 Å². The van der Waals surface area contributed by atoms with Gasteiger partial charge in [-0.05, 0) is 47.7 Å². The van der Waals surface area contributed by atoms with E-state index in [2.05, 4.69) is 20.8 Å². The van der Waals surface area contributed by atoms with E-state index in [4.69, 9.17) is 16.3 Å². The van der Waals surface area contributed by atoms with Crippen LogP contribution in [-0.2, 0) is 4.79 Å². The molecule has 26 heavy (non-hydrogen) atoms. The van der Waals surface area contributed by atoms with Crippen LogP contribution >= 0.6 is 23.4 Å². The molecule has 0 unspecified atom stereocenters. The number of rotatable bonds is 6. The highest BCUT2D eigenvalue weighted by Gasteiger charge is 2.12. The maximum absolute atomic E-state index is 12.2. The first-order chi connectivity index (χ1) is 12.6. The van der Waals surface area contributed by atoms with Crippen LogP contribution in [0.25, 0.3) is 5.69 Å². The van der Waals surface area contributed by atoms with Gasteiger partial charge in [0.25, 0.3) is 0 Å². The number of thioether (sulfide) groups is 1. The van der Waals surface area contributed by atoms with Gasteiger partial charge in [0.2, 0.25) is 11.1 Å². The summed E-state index contributed by atoms with van der Waals surface area (Å²) < 4.78 is 6.69. The number of carbonyl (C=O) groups is 1. The van der Waals surface area contributed by atoms with E-state index in [1.807, 2.05) is 31.2 Å². The molecule has 1 heterocycles. The second kappa shape index (κ2) is 8.20. The van der Waals surface area contributed by atoms with Gasteiger partial charge in [0.15, 0.2) is 0 Å². The third-order valence-electron chi connectivity index (χ3n) is 3.49. The smallest absolute Gasteiger partial charge is 0.234 e. The molecular weight excluding hydrogens is 374 g/mol. The summed E-state index contributed by atoms with van der Waals surface area (Å²) in [5.41, 5.74) is 2.58. The molecule has 0 fully saturated rings. The number of halogens is 1. The Morgan fingerprint density at radius 2 is 2.04 bits per heavy atom. The fourth-order valence-corrected chi connectivity index (χ4v) is 3.14. The van der Waals surface area contributed by atoms with Crippen LogP contribution in [0.2, 0.25) is 5.02 Å². The van der Waals surface area contributed by atoms with Crippen molar-refractivity contribution < 1.29 is 9.53 Å². The fraction of sp³-hybridized carbons (Fsp3) is 0.176. The summed E-state index contributed by atoms with van der Waals surface area (Å²) >= 11 is 7.31. The first kappa shape index (κ1) is 18.2. The molecule has 1 aromatic heterocycles. The number of aromatic nitrogens is 4. The van der Waals surface area contributed by atoms with Crippen LogP contribution < -0.4 is 10.1 Å². The minimum Gasteiger partial charge on any atom is -0.495 e. The van der Waals surface area contributed by atoms with Gasteiger partial charge in [-0.1, -0.05) is 41.1 Å². The summed E-state index contributed by atoms with van der Waals surface area (Å²) in [5, 5.41) is 15.4. The predicted molar refractivity (Wildman–Crippen MR) is 101 cm³/mol. The highest BCUT2D eigenvalue weighted by molar-refractivity contribution is 7.99. The molecule has 3 aromatic rings. The molecule has 134 valence electrons. The third-order valence-corrected chi connectivity index (χ3v) is 4.70. The van der Waals surface area contributed by atoms with Crippen molar-refractivity contribution in [1.29, 1.82) is 0 Å². The Morgan fingerprint density at radius 1 is 1.27 bits per heavy atom. The summed E-state index contributed by atoms with van der Waals surface area (Å²) in [6.07, 6.45) is 0. The Balaban J connectivity index is 1.63. The minimum atomic E-state index is -0.185. The molecule has 0 spiro atoms. The van der Waals surface area contributed by atoms with E-state index in [1.54, 1.807) is 22.9 Å². The number of methoxy groups -OCH3 is 1. The molecule has 0 saturated carbocycles. The second-order valence-corrected chi connectivity index (χ2v) is 6.74. The molecule has 3 rings (SSSR count). The van der Waals surface area contributed by atoms with Crippen molar-refractivity contribution in [3.8, 4) is 11.4 Å². The fourth-order valence-electron chi connectivity index (χ4n) is 2.19. The number of nitrogens with one attached hydrogen (secondary N) is 1. The van der Waals surface area contributed by atoms with Crippen molar-refractivity contribution in [3.05, 3.63) is 53.1 Å². The van der Waals surface area contributed by atoms with Gasteiger partial charge in [-0.25, -0.2) is 0 Å². The maximum atomic E-state index is 12.2. The number of tetrazole rings is 1. The van der Waals surface area contributed by atoms with Crippen LogP contribution in [0, 0.1) is 6.92 Å². The van der Waals surface area contributed by atoms with E-state index in [-0.39, 0.29) is 11.7 Å². The molecule has 1 N–H and O–H groups in total. The van der Waals surface area contributed by atoms with Gasteiger partial charge >= 0.3 is 0 Å². The van der Waals surface area contributed by atoms with Gasteiger partial charge in [0.1, 0.15) is 5.75 Å². The average molecular weight is 390 g/mol. The largest absolute Gasteiger partial charge is 0.495 e. The Kier molecular flexibility index (Phi) is 5.75. The highest BCUT2D eigenvalue weighted by atomic mass is 35.5. The van der Waals surface area contributed by atoms with Gasteiger partial charge in [0, 0.05) is 5.69 Å². The molecular formula is C17H16ClN5O2S. The topological polar surface area (TPSA) is 81.9 Å². The Labute approximate surface area is 159 Å². The molecule has 2 aromatic carbocycles. The Hall–Kier alpha value is -2.58. The number of hydrogen-bond donors (Lipinski definition) is 1. The van der Waals surface area contributed by atoms with Crippen LogP contribution in [0.4, 0.5) is 5.69 Å². The van der Waals surface area contributed by atoms with E-state index in [9.17, 15) is 4.79 Å². The standard InChI is InChI=1S/C17H16ClN5O2S/c1-11-3-6-13(7-4-11)23-17(20-21-22-23)26-10-16(24)19-12-5-8-15(25-2)14(18)9-12/h3-9H,10H2,1-2H3,(H,19,24). The van der Waals surface area contributed by atoms with Crippen LogP contribution in [0.3, 0.4) is 0 Å². The second-order valence-electron chi connectivity index (χ2n) is 5.39. The Bertz CT molecular complexity index is 914. The first-order valence-corrected chi connectivity index (χ1v) is 9.05. The summed E-state index contributed by atoms with van der Waals surface area (Å²) in [5.74, 6) is 0.529. The van der Waals surface area contributed by atoms with Crippen molar-refractivity contribution in [1.82, 2.24) is 20.2 Å². The third kappa shape index (κ3) is 4.33. The van der Waals surface area contributed by atoms with Gasteiger partial charge in [0.05, 0.1) is 23.6 Å². The lowest BCUT2D eigenvalue weighted by molar-refractivity contribution is -0.113. The number of aryl methyl sites for hydroxylation is 1. The van der Waals surface area contributed by atoms with Gasteiger partial charge in [-0.15, -0.1) is 5.10 Å². The SMILES string of the molecule is COc1ccc(NC(=O)CSc2nnnn2-c2ccc(C)cc2)cc1Cl. The normalized spacial score (nSPS) is 10.6. The number of hydrogen-bond acceptors (Lipinski definition) is 6. The van der Waals surface area contributed by atoms with Crippen LogP contribution in [0.15, 0.2) is 47.6 Å². The van der Waals surface area contributed by atoms with Crippen molar-refractivity contribution in [2.45, 2.75) is 12.1 Å². The van der Waals surface area contributed by atoms with Crippen molar-refractivity contribution in [2.75, 3.05) is 18.2 Å². The molecule has 7 nitrogen and oxygen atoms in total. The van der Waals surface area contributed by atoms with E-state index < -0.39 is 0 Å². The van der Waals surface area contributed by atoms with Gasteiger partial charge in [-0.3, -0.25) is 4.79 Å². The molecule has 0 aliphatic heterocycles. The van der Waals surface area contributed by atoms with Crippen molar-refractivity contribution in [2.24, 2.45) is 0 Å². The van der Waals surface area contributed by atoms with Crippen LogP contribution in [0.5, 0.6) is 5.75 Å². The zero-order valence-corrected chi connectivity index (χ0v) is 15.7. The monoisotopic (exact) mass is 389 g/mol. The molecule has 0 atom stereocenters. The number of nitrogens with zero attached hydrogens (tertiary/aromatic N) is 4. The number of anilines is 1. The maximum Gasteiger partial charge on any atom is 0.234 e. The van der Waals surface area contributed by atoms with Gasteiger partial charge in [-0.2, -0.15) is 4.68 Å². The highest BCUT2D eigenvalue weighted by Crippen LogP contribution is 2.27.